The van der Waals surface area contributed by atoms with E-state index in [1.807, 2.05) is 213 Å². The lowest BCUT2D eigenvalue weighted by Crippen LogP contribution is -2.41. The highest BCUT2D eigenvalue weighted by atomic mass is 35.5. The highest BCUT2D eigenvalue weighted by Gasteiger charge is 2.52. The van der Waals surface area contributed by atoms with Crippen LogP contribution in [0.2, 0.25) is 4.34 Å². The maximum absolute atomic E-state index is 13.4. The number of thiophene rings is 3. The molecule has 4 aliphatic heterocycles. The lowest BCUT2D eigenvalue weighted by Gasteiger charge is -2.32. The van der Waals surface area contributed by atoms with Crippen LogP contribution < -0.4 is 19.7 Å². The summed E-state index contributed by atoms with van der Waals surface area (Å²) in [6.45, 7) is 46.6. The van der Waals surface area contributed by atoms with Gasteiger partial charge in [0.05, 0.1) is 93.1 Å². The fraction of sp³-hybridized carbons (Fsp3) is 0.423. The van der Waals surface area contributed by atoms with Gasteiger partial charge >= 0.3 is 25.0 Å². The summed E-state index contributed by atoms with van der Waals surface area (Å²) in [5.41, 5.74) is 15.7. The van der Waals surface area contributed by atoms with Gasteiger partial charge in [0.1, 0.15) is 21.6 Å². The van der Waals surface area contributed by atoms with E-state index in [1.54, 1.807) is 29.6 Å². The predicted molar refractivity (Wildman–Crippen MR) is 519 cm³/mol. The van der Waals surface area contributed by atoms with Crippen molar-refractivity contribution in [1.82, 2.24) is 29.3 Å². The minimum Gasteiger partial charge on any atom is -0.493 e. The van der Waals surface area contributed by atoms with E-state index in [1.165, 1.54) is 39.2 Å². The van der Waals surface area contributed by atoms with Gasteiger partial charge in [-0.15, -0.1) is 34.0 Å². The third-order valence-corrected chi connectivity index (χ3v) is 25.6. The molecule has 10 heterocycles. The first-order valence-electron chi connectivity index (χ1n) is 44.7. The normalized spacial score (nSPS) is 15.0. The molecule has 16 rings (SSSR count). The second-order valence-electron chi connectivity index (χ2n) is 37.4. The highest BCUT2D eigenvalue weighted by molar-refractivity contribution is 7.17. The lowest BCUT2D eigenvalue weighted by molar-refractivity contribution is -0.167. The fourth-order valence-corrected chi connectivity index (χ4v) is 19.4. The molecule has 6 aromatic heterocycles. The number of ether oxygens (including phenoxy) is 8. The molecule has 684 valence electrons. The van der Waals surface area contributed by atoms with Crippen LogP contribution in [0.15, 0.2) is 183 Å². The first-order valence-corrected chi connectivity index (χ1v) is 47.6. The summed E-state index contributed by atoms with van der Waals surface area (Å²) in [5.74, 6) is 1.84. The van der Waals surface area contributed by atoms with Gasteiger partial charge in [-0.25, -0.2) is 14.4 Å². The van der Waals surface area contributed by atoms with Crippen LogP contribution in [0, 0.1) is 26.7 Å². The van der Waals surface area contributed by atoms with Gasteiger partial charge in [-0.1, -0.05) is 142 Å². The Balaban J connectivity index is 0.000000157. The van der Waals surface area contributed by atoms with Crippen molar-refractivity contribution in [3.63, 3.8) is 0 Å². The van der Waals surface area contributed by atoms with Crippen LogP contribution in [0.4, 0.5) is 0 Å². The van der Waals surface area contributed by atoms with Crippen molar-refractivity contribution in [2.45, 2.75) is 250 Å². The molecule has 0 spiro atoms. The number of esters is 2. The topological polar surface area (TPSA) is 217 Å². The standard InChI is InChI=1S/C32H36N2O4S.C30H32N2O4S.C22H27ClO4S.C16H21BN2O2.C4H10/c1-6-36-31(35)29(38-32(3,4)5)27-21(2)39-30(25-18-33-34(20-25)19-22-11-8-7-9-12-22)28(27)24-14-15-26-23(17-24)13-10-16-37-26;1-19-25(27(29(33)34)36-30(2,3)4)26(22-12-13-24-21(15-22)11-8-14-35-24)28(37-19)23-16-31-32(18-23)17-20-9-6-5-7-10-20;1-6-25-21(24)19(27-22(3,4)5)17-13(2)28-20(23)18(17)15-9-10-16-14(12-15)8-7-11-26-16;1-15(2)16(3,4)21-17(20-15)14-10-18-19(12-14)11-13-8-6-5-7-9-13;1-4(2)3/h7-9,11-12,14-15,17-18,20,29H,6,10,13,16,19H2,1-5H3;5-7,9-10,12-13,15-16,18,27H,8,11,14,17H2,1-4H3,(H,33,34);9-10,12,19H,6-8,11H2,1-5H3;5-10,12H,11H2,1-4H3;4H,1-3H3. The molecule has 25 heteroatoms. The van der Waals surface area contributed by atoms with Crippen LogP contribution in [0.25, 0.3) is 54.3 Å². The van der Waals surface area contributed by atoms with Gasteiger partial charge in [0, 0.05) is 99.1 Å². The van der Waals surface area contributed by atoms with Gasteiger partial charge in [0.2, 0.25) is 0 Å². The Labute approximate surface area is 779 Å². The maximum atomic E-state index is 13.4. The Morgan fingerprint density at radius 3 is 1.15 bits per heavy atom. The molecule has 129 heavy (non-hydrogen) atoms. The molecule has 0 amide bonds. The monoisotopic (exact) mass is 1820 g/mol. The number of carbonyl (C=O) groups excluding carboxylic acids is 2. The van der Waals surface area contributed by atoms with E-state index in [0.29, 0.717) is 29.6 Å². The number of carboxylic acid groups (broad SMARTS) is 1. The third kappa shape index (κ3) is 25.6. The van der Waals surface area contributed by atoms with Crippen LogP contribution in [0.5, 0.6) is 17.2 Å². The van der Waals surface area contributed by atoms with Gasteiger partial charge in [-0.05, 0) is 256 Å². The number of hydrogen-bond donors (Lipinski definition) is 1. The molecule has 1 fully saturated rings. The minimum atomic E-state index is -1.09. The summed E-state index contributed by atoms with van der Waals surface area (Å²) in [6, 6.07) is 49.4. The zero-order valence-electron chi connectivity index (χ0n) is 78.6. The van der Waals surface area contributed by atoms with E-state index in [0.717, 1.165) is 179 Å². The maximum Gasteiger partial charge on any atom is 0.498 e. The number of fused-ring (bicyclic) bond motifs is 3. The fourth-order valence-electron chi connectivity index (χ4n) is 15.6. The van der Waals surface area contributed by atoms with Crippen molar-refractivity contribution in [3.05, 3.63) is 252 Å². The first-order chi connectivity index (χ1) is 61.2. The van der Waals surface area contributed by atoms with Crippen LogP contribution in [0.1, 0.15) is 227 Å². The smallest absolute Gasteiger partial charge is 0.493 e. The number of halogens is 1. The van der Waals surface area contributed by atoms with Crippen molar-refractivity contribution in [2.24, 2.45) is 5.92 Å². The molecule has 1 N–H and O–H groups in total. The Kier molecular flexibility index (Phi) is 32.6. The van der Waals surface area contributed by atoms with Crippen LogP contribution in [-0.4, -0.2) is 121 Å². The number of aryl methyl sites for hydroxylation is 6. The molecule has 1 saturated heterocycles. The number of rotatable bonds is 23. The van der Waals surface area contributed by atoms with Crippen LogP contribution in [0.3, 0.4) is 0 Å². The van der Waals surface area contributed by atoms with Crippen molar-refractivity contribution in [2.75, 3.05) is 33.0 Å². The van der Waals surface area contributed by atoms with E-state index < -0.39 is 47.1 Å². The molecule has 0 bridgehead atoms. The molecule has 12 aromatic rings. The van der Waals surface area contributed by atoms with Crippen molar-refractivity contribution < 1.29 is 66.7 Å². The number of hydrogen-bond acceptors (Lipinski definition) is 19. The average Bonchev–Trinajstić information content (AvgIpc) is 1.70. The molecule has 0 saturated carbocycles. The Morgan fingerprint density at radius 1 is 0.465 bits per heavy atom. The number of aromatic nitrogens is 6. The second-order valence-corrected chi connectivity index (χ2v) is 41.6. The number of nitrogens with zero attached hydrogens (tertiary/aromatic N) is 6. The molecule has 4 aliphatic rings. The van der Waals surface area contributed by atoms with Crippen LogP contribution in [-0.2, 0) is 86.3 Å². The van der Waals surface area contributed by atoms with Crippen molar-refractivity contribution >= 4 is 76.1 Å². The molecular formula is C104H126BClN6O14S3. The summed E-state index contributed by atoms with van der Waals surface area (Å²) < 4.78 is 65.6. The number of aliphatic carboxylic acids is 1. The summed E-state index contributed by atoms with van der Waals surface area (Å²) in [4.78, 5) is 43.7. The molecule has 3 unspecified atom stereocenters. The zero-order chi connectivity index (χ0) is 92.9. The number of benzene rings is 6. The van der Waals surface area contributed by atoms with Gasteiger partial charge < -0.3 is 52.3 Å². The average molecular weight is 1830 g/mol. The quantitative estimate of drug-likeness (QED) is 0.0465. The molecule has 6 aromatic carbocycles. The Bertz CT molecular complexity index is 5750. The predicted octanol–water partition coefficient (Wildman–Crippen LogP) is 24.3. The minimum absolute atomic E-state index is 0.288. The Morgan fingerprint density at radius 2 is 0.791 bits per heavy atom. The zero-order valence-corrected chi connectivity index (χ0v) is 81.9. The van der Waals surface area contributed by atoms with Crippen molar-refractivity contribution in [3.8, 4) is 71.5 Å². The summed E-state index contributed by atoms with van der Waals surface area (Å²) >= 11 is 11.4. The summed E-state index contributed by atoms with van der Waals surface area (Å²) in [6.07, 6.45) is 14.8. The highest BCUT2D eigenvalue weighted by Crippen LogP contribution is 2.52. The SMILES string of the molecule is CC(C)C.CC1(C)OB(c2cnn(Cc3ccccc3)c2)OC1(C)C.CCOC(=O)C(OC(C)(C)C)c1c(C)sc(-c2cnn(Cc3ccccc3)c2)c1-c1ccc2c(c1)CCCO2.CCOC(=O)C(OC(C)(C)C)c1c(C)sc(Cl)c1-c1ccc2c(c1)CCCO2.Cc1sc(-c2cnn(Cc3ccccc3)c2)c(-c2ccc3c(c2)CCCO3)c1C(OC(C)(C)C)C(=O)O. The number of carboxylic acids is 1. The second kappa shape index (κ2) is 42.9. The largest absolute Gasteiger partial charge is 0.498 e. The molecule has 3 atom stereocenters. The van der Waals surface area contributed by atoms with E-state index in [4.69, 9.17) is 58.8 Å². The molecular weight excluding hydrogens is 1700 g/mol. The Hall–Kier alpha value is -9.99. The lowest BCUT2D eigenvalue weighted by atomic mass is 9.82. The third-order valence-electron chi connectivity index (χ3n) is 21.9. The number of carbonyl (C=O) groups is 3. The van der Waals surface area contributed by atoms with E-state index >= 15 is 0 Å². The van der Waals surface area contributed by atoms with Crippen LogP contribution >= 0.6 is 45.6 Å². The van der Waals surface area contributed by atoms with Crippen molar-refractivity contribution in [1.29, 1.82) is 0 Å². The molecule has 20 nitrogen and oxygen atoms in total. The van der Waals surface area contributed by atoms with E-state index in [2.05, 4.69) is 138 Å². The molecule has 0 radical (unpaired) electrons. The van der Waals surface area contributed by atoms with E-state index in [-0.39, 0.29) is 30.9 Å². The van der Waals surface area contributed by atoms with E-state index in [9.17, 15) is 19.5 Å². The first kappa shape index (κ1) is 98.1. The molecule has 0 aliphatic carbocycles. The summed E-state index contributed by atoms with van der Waals surface area (Å²) in [7, 11) is -0.348. The van der Waals surface area contributed by atoms with Gasteiger partial charge in [-0.3, -0.25) is 14.0 Å². The van der Waals surface area contributed by atoms with Gasteiger partial charge in [0.25, 0.3) is 0 Å². The van der Waals surface area contributed by atoms with Gasteiger partial charge in [0.15, 0.2) is 18.3 Å². The van der Waals surface area contributed by atoms with Gasteiger partial charge in [-0.2, -0.15) is 15.3 Å². The summed E-state index contributed by atoms with van der Waals surface area (Å²) in [5, 5.41) is 24.0.